The second-order valence-electron chi connectivity index (χ2n) is 4.62. The fraction of sp³-hybridized carbons (Fsp3) is 0.462. The van der Waals surface area contributed by atoms with Crippen molar-refractivity contribution in [3.8, 4) is 5.75 Å². The van der Waals surface area contributed by atoms with Crippen LogP contribution in [0.25, 0.3) is 0 Å². The van der Waals surface area contributed by atoms with Gasteiger partial charge < -0.3 is 20.7 Å². The summed E-state index contributed by atoms with van der Waals surface area (Å²) in [5.74, 6) is 0.521. The number of rotatable bonds is 4. The molecule has 1 heterocycles. The predicted octanol–water partition coefficient (Wildman–Crippen LogP) is 2.17. The van der Waals surface area contributed by atoms with Gasteiger partial charge in [-0.3, -0.25) is 0 Å². The number of amides is 2. The number of alkyl halides is 1. The molecule has 0 bridgehead atoms. The van der Waals surface area contributed by atoms with Crippen LogP contribution in [0.1, 0.15) is 6.42 Å². The lowest BCUT2D eigenvalue weighted by Gasteiger charge is -2.14. The second kappa shape index (κ2) is 6.76. The van der Waals surface area contributed by atoms with Gasteiger partial charge in [-0.25, -0.2) is 9.18 Å². The number of carbonyl (C=O) groups excluding carboxylic acids is 1. The molecule has 110 valence electrons. The van der Waals surface area contributed by atoms with Crippen molar-refractivity contribution in [1.82, 2.24) is 10.6 Å². The zero-order valence-electron chi connectivity index (χ0n) is 11.1. The van der Waals surface area contributed by atoms with Crippen molar-refractivity contribution in [3.63, 3.8) is 0 Å². The number of methoxy groups -OCH3 is 1. The Kier molecular flexibility index (Phi) is 5.03. The van der Waals surface area contributed by atoms with Crippen LogP contribution in [0, 0.1) is 0 Å². The number of carbonyl (C=O) groups is 1. The van der Waals surface area contributed by atoms with Crippen LogP contribution in [0.3, 0.4) is 0 Å². The molecule has 2 rings (SSSR count). The molecule has 3 N–H and O–H groups in total. The monoisotopic (exact) mass is 301 g/mol. The minimum absolute atomic E-state index is 0.0305. The first-order chi connectivity index (χ1) is 9.58. The third-order valence-electron chi connectivity index (χ3n) is 3.09. The highest BCUT2D eigenvalue weighted by Gasteiger charge is 2.23. The van der Waals surface area contributed by atoms with Gasteiger partial charge in [-0.2, -0.15) is 0 Å². The molecule has 7 heteroatoms. The van der Waals surface area contributed by atoms with E-state index in [1.807, 2.05) is 0 Å². The Morgan fingerprint density at radius 3 is 3.05 bits per heavy atom. The number of ether oxygens (including phenoxy) is 1. The van der Waals surface area contributed by atoms with Gasteiger partial charge >= 0.3 is 6.03 Å². The molecule has 1 aromatic rings. The van der Waals surface area contributed by atoms with Crippen molar-refractivity contribution >= 4 is 23.3 Å². The molecule has 1 fully saturated rings. The molecule has 0 saturated carbocycles. The SMILES string of the molecule is COc1ccc(Cl)cc1NC(=O)NC[C@@H]1C[C@H](F)CN1. The van der Waals surface area contributed by atoms with Gasteiger partial charge in [0.15, 0.2) is 0 Å². The van der Waals surface area contributed by atoms with Crippen LogP contribution in [0.15, 0.2) is 18.2 Å². The standard InChI is InChI=1S/C13H17ClFN3O2/c1-20-12-3-2-8(14)4-11(12)18-13(19)17-7-10-5-9(15)6-16-10/h2-4,9-10,16H,5-7H2,1H3,(H2,17,18,19)/t9-,10-/m0/s1. The van der Waals surface area contributed by atoms with E-state index in [4.69, 9.17) is 16.3 Å². The molecule has 5 nitrogen and oxygen atoms in total. The van der Waals surface area contributed by atoms with Gasteiger partial charge in [0, 0.05) is 24.2 Å². The Bertz CT molecular complexity index is 487. The molecule has 2 amide bonds. The molecule has 0 aliphatic carbocycles. The second-order valence-corrected chi connectivity index (χ2v) is 5.05. The first-order valence-corrected chi connectivity index (χ1v) is 6.72. The minimum atomic E-state index is -0.835. The molecule has 2 atom stereocenters. The average molecular weight is 302 g/mol. The van der Waals surface area contributed by atoms with Crippen LogP contribution >= 0.6 is 11.6 Å². The molecule has 1 aliphatic rings. The Morgan fingerprint density at radius 2 is 2.40 bits per heavy atom. The fourth-order valence-corrected chi connectivity index (χ4v) is 2.26. The van der Waals surface area contributed by atoms with Gasteiger partial charge in [-0.1, -0.05) is 11.6 Å². The molecule has 0 radical (unpaired) electrons. The van der Waals surface area contributed by atoms with E-state index in [0.29, 0.717) is 36.0 Å². The summed E-state index contributed by atoms with van der Waals surface area (Å²) in [6.07, 6.45) is -0.418. The molecule has 1 aromatic carbocycles. The molecule has 20 heavy (non-hydrogen) atoms. The van der Waals surface area contributed by atoms with E-state index in [1.54, 1.807) is 18.2 Å². The molecule has 0 aromatic heterocycles. The normalized spacial score (nSPS) is 21.6. The number of hydrogen-bond acceptors (Lipinski definition) is 3. The number of anilines is 1. The Labute approximate surface area is 121 Å². The highest BCUT2D eigenvalue weighted by Crippen LogP contribution is 2.27. The first-order valence-electron chi connectivity index (χ1n) is 6.34. The quantitative estimate of drug-likeness (QED) is 0.799. The van der Waals surface area contributed by atoms with Crippen LogP contribution in [-0.2, 0) is 0 Å². The zero-order valence-corrected chi connectivity index (χ0v) is 11.8. The Morgan fingerprint density at radius 1 is 1.60 bits per heavy atom. The van der Waals surface area contributed by atoms with E-state index in [0.717, 1.165) is 0 Å². The van der Waals surface area contributed by atoms with Crippen LogP contribution in [0.5, 0.6) is 5.75 Å². The van der Waals surface area contributed by atoms with E-state index in [-0.39, 0.29) is 12.1 Å². The molecule has 1 saturated heterocycles. The van der Waals surface area contributed by atoms with Crippen LogP contribution < -0.4 is 20.7 Å². The van der Waals surface area contributed by atoms with Gasteiger partial charge in [0.05, 0.1) is 12.8 Å². The summed E-state index contributed by atoms with van der Waals surface area (Å²) >= 11 is 5.88. The van der Waals surface area contributed by atoms with Gasteiger partial charge in [0.25, 0.3) is 0 Å². The molecule has 0 unspecified atom stereocenters. The van der Waals surface area contributed by atoms with Crippen molar-refractivity contribution in [2.75, 3.05) is 25.5 Å². The molecular weight excluding hydrogens is 285 g/mol. The van der Waals surface area contributed by atoms with Crippen molar-refractivity contribution in [2.45, 2.75) is 18.6 Å². The largest absolute Gasteiger partial charge is 0.495 e. The topological polar surface area (TPSA) is 62.4 Å². The van der Waals surface area contributed by atoms with Crippen molar-refractivity contribution < 1.29 is 13.9 Å². The molecule has 0 spiro atoms. The average Bonchev–Trinajstić information content (AvgIpc) is 2.83. The maximum Gasteiger partial charge on any atom is 0.319 e. The van der Waals surface area contributed by atoms with Gasteiger partial charge in [0.2, 0.25) is 0 Å². The lowest BCUT2D eigenvalue weighted by Crippen LogP contribution is -2.39. The van der Waals surface area contributed by atoms with Crippen LogP contribution in [0.2, 0.25) is 5.02 Å². The Hall–Kier alpha value is -1.53. The summed E-state index contributed by atoms with van der Waals surface area (Å²) in [5, 5.41) is 8.84. The van der Waals surface area contributed by atoms with E-state index < -0.39 is 6.17 Å². The van der Waals surface area contributed by atoms with Crippen LogP contribution in [-0.4, -0.2) is 38.4 Å². The predicted molar refractivity (Wildman–Crippen MR) is 76.3 cm³/mol. The number of urea groups is 1. The summed E-state index contributed by atoms with van der Waals surface area (Å²) in [7, 11) is 1.51. The lowest BCUT2D eigenvalue weighted by atomic mass is 10.2. The van der Waals surface area contributed by atoms with Crippen molar-refractivity contribution in [3.05, 3.63) is 23.2 Å². The smallest absolute Gasteiger partial charge is 0.319 e. The summed E-state index contributed by atoms with van der Waals surface area (Å²) < 4.78 is 18.1. The van der Waals surface area contributed by atoms with Crippen LogP contribution in [0.4, 0.5) is 14.9 Å². The summed E-state index contributed by atoms with van der Waals surface area (Å²) in [6, 6.07) is 4.54. The van der Waals surface area contributed by atoms with E-state index in [9.17, 15) is 9.18 Å². The number of benzene rings is 1. The number of nitrogens with one attached hydrogen (secondary N) is 3. The maximum atomic E-state index is 13.0. The third kappa shape index (κ3) is 3.98. The van der Waals surface area contributed by atoms with Gasteiger partial charge in [-0.05, 0) is 24.6 Å². The highest BCUT2D eigenvalue weighted by molar-refractivity contribution is 6.31. The zero-order chi connectivity index (χ0) is 14.5. The molecular formula is C13H17ClFN3O2. The van der Waals surface area contributed by atoms with Gasteiger partial charge in [-0.15, -0.1) is 0 Å². The number of hydrogen-bond donors (Lipinski definition) is 3. The maximum absolute atomic E-state index is 13.0. The van der Waals surface area contributed by atoms with E-state index in [1.165, 1.54) is 7.11 Å². The minimum Gasteiger partial charge on any atom is -0.495 e. The lowest BCUT2D eigenvalue weighted by molar-refractivity contribution is 0.250. The van der Waals surface area contributed by atoms with Crippen molar-refractivity contribution in [2.24, 2.45) is 0 Å². The van der Waals surface area contributed by atoms with Gasteiger partial charge in [0.1, 0.15) is 11.9 Å². The summed E-state index contributed by atoms with van der Waals surface area (Å²) in [5.41, 5.74) is 0.486. The summed E-state index contributed by atoms with van der Waals surface area (Å²) in [4.78, 5) is 11.8. The van der Waals surface area contributed by atoms with Crippen molar-refractivity contribution in [1.29, 1.82) is 0 Å². The first kappa shape index (κ1) is 14.9. The van der Waals surface area contributed by atoms with E-state index in [2.05, 4.69) is 16.0 Å². The number of halogens is 2. The highest BCUT2D eigenvalue weighted by atomic mass is 35.5. The Balaban J connectivity index is 1.86. The van der Waals surface area contributed by atoms with E-state index >= 15 is 0 Å². The molecule has 1 aliphatic heterocycles. The summed E-state index contributed by atoms with van der Waals surface area (Å²) in [6.45, 7) is 0.714. The fourth-order valence-electron chi connectivity index (χ4n) is 2.09. The third-order valence-corrected chi connectivity index (χ3v) is 3.32.